The van der Waals surface area contributed by atoms with Gasteiger partial charge in [0.2, 0.25) is 5.91 Å². The fraction of sp³-hybridized carbons (Fsp3) is 0.300. The number of carbonyl (C=O) groups excluding carboxylic acids is 1. The molecule has 0 aromatic heterocycles. The molecule has 0 radical (unpaired) electrons. The molecule has 0 bridgehead atoms. The van der Waals surface area contributed by atoms with Crippen molar-refractivity contribution in [3.8, 4) is 5.75 Å². The van der Waals surface area contributed by atoms with Crippen molar-refractivity contribution < 1.29 is 19.4 Å². The molecule has 5 heteroatoms. The Hall–Kier alpha value is -4.64. The smallest absolute Gasteiger partial charge is 0.326 e. The molecule has 2 aliphatic rings. The number of ether oxygens (including phenoxy) is 1. The number of carboxylic acid groups (broad SMARTS) is 1. The van der Waals surface area contributed by atoms with Crippen LogP contribution in [0, 0.1) is 13.8 Å². The van der Waals surface area contributed by atoms with E-state index in [9.17, 15) is 14.7 Å². The van der Waals surface area contributed by atoms with Crippen LogP contribution in [0.2, 0.25) is 0 Å². The van der Waals surface area contributed by atoms with E-state index in [1.807, 2.05) is 62.4 Å². The van der Waals surface area contributed by atoms with Gasteiger partial charge in [0.15, 0.2) is 0 Å². The Morgan fingerprint density at radius 2 is 1.76 bits per heavy atom. The first-order valence-corrected chi connectivity index (χ1v) is 15.8. The van der Waals surface area contributed by atoms with Crippen LogP contribution in [0.4, 0.5) is 0 Å². The van der Waals surface area contributed by atoms with Gasteiger partial charge in [-0.3, -0.25) is 4.79 Å². The second-order valence-electron chi connectivity index (χ2n) is 10.7. The van der Waals surface area contributed by atoms with Gasteiger partial charge in [-0.2, -0.15) is 0 Å². The molecule has 2 aromatic rings. The zero-order valence-electron chi connectivity index (χ0n) is 27.5. The predicted octanol–water partition coefficient (Wildman–Crippen LogP) is 9.51. The molecule has 0 saturated carbocycles. The SMILES string of the molecule is C=Cc1cc(OCC2=CCC=CC=C2)ccc1/C=C(\C)C(=O)NC(CC1=CC=CCCC1)C(=O)O.CC.Cc1ccccc1C. The summed E-state index contributed by atoms with van der Waals surface area (Å²) in [5.74, 6) is -0.733. The third-order valence-corrected chi connectivity index (χ3v) is 7.32. The van der Waals surface area contributed by atoms with Crippen LogP contribution in [0.3, 0.4) is 0 Å². The van der Waals surface area contributed by atoms with Crippen LogP contribution in [-0.4, -0.2) is 29.6 Å². The summed E-state index contributed by atoms with van der Waals surface area (Å²) in [7, 11) is 0. The van der Waals surface area contributed by atoms with Crippen LogP contribution in [0.5, 0.6) is 5.75 Å². The molecule has 4 rings (SSSR count). The molecular formula is C40H49NO4. The van der Waals surface area contributed by atoms with E-state index in [2.05, 4.69) is 68.2 Å². The van der Waals surface area contributed by atoms with E-state index in [1.165, 1.54) is 11.1 Å². The number of aliphatic carboxylic acids is 1. The second kappa shape index (κ2) is 20.3. The number of hydrogen-bond donors (Lipinski definition) is 2. The first-order chi connectivity index (χ1) is 21.8. The summed E-state index contributed by atoms with van der Waals surface area (Å²) in [6.45, 7) is 14.3. The van der Waals surface area contributed by atoms with E-state index in [0.29, 0.717) is 24.4 Å². The molecule has 1 unspecified atom stereocenters. The number of amides is 1. The van der Waals surface area contributed by atoms with E-state index in [4.69, 9.17) is 4.74 Å². The Balaban J connectivity index is 0.000000604. The third-order valence-electron chi connectivity index (χ3n) is 7.32. The summed E-state index contributed by atoms with van der Waals surface area (Å²) in [6, 6.07) is 13.0. The van der Waals surface area contributed by atoms with Crippen LogP contribution in [0.25, 0.3) is 12.2 Å². The van der Waals surface area contributed by atoms with Gasteiger partial charge in [-0.1, -0.05) is 111 Å². The van der Waals surface area contributed by atoms with E-state index >= 15 is 0 Å². The highest BCUT2D eigenvalue weighted by Crippen LogP contribution is 2.23. The Bertz CT molecular complexity index is 1450. The third kappa shape index (κ3) is 13.3. The fourth-order valence-corrected chi connectivity index (χ4v) is 4.54. The van der Waals surface area contributed by atoms with Crippen molar-refractivity contribution in [2.45, 2.75) is 72.8 Å². The lowest BCUT2D eigenvalue weighted by Gasteiger charge is -2.17. The maximum absolute atomic E-state index is 12.8. The Morgan fingerprint density at radius 1 is 1.02 bits per heavy atom. The van der Waals surface area contributed by atoms with Crippen molar-refractivity contribution in [3.05, 3.63) is 137 Å². The van der Waals surface area contributed by atoms with Gasteiger partial charge in [0, 0.05) is 5.57 Å². The summed E-state index contributed by atoms with van der Waals surface area (Å²) in [4.78, 5) is 24.6. The molecule has 45 heavy (non-hydrogen) atoms. The summed E-state index contributed by atoms with van der Waals surface area (Å²) in [5.41, 5.74) is 6.93. The van der Waals surface area contributed by atoms with Crippen LogP contribution in [-0.2, 0) is 9.59 Å². The minimum atomic E-state index is -1.04. The average molecular weight is 608 g/mol. The van der Waals surface area contributed by atoms with Crippen molar-refractivity contribution >= 4 is 24.0 Å². The highest BCUT2D eigenvalue weighted by atomic mass is 16.5. The van der Waals surface area contributed by atoms with E-state index in [0.717, 1.165) is 48.0 Å². The molecule has 0 spiro atoms. The minimum absolute atomic E-state index is 0.296. The van der Waals surface area contributed by atoms with E-state index < -0.39 is 17.9 Å². The van der Waals surface area contributed by atoms with Crippen LogP contribution in [0.15, 0.2) is 114 Å². The zero-order valence-corrected chi connectivity index (χ0v) is 27.5. The first kappa shape index (κ1) is 36.6. The van der Waals surface area contributed by atoms with Crippen molar-refractivity contribution in [3.63, 3.8) is 0 Å². The Kier molecular flexibility index (Phi) is 16.5. The standard InChI is InChI=1S/C30H33NO4.C8H10.C2H6/c1-3-25-20-27(35-21-24-14-10-6-7-11-15-24)17-16-26(25)18-22(2)29(32)31-28(30(33)34)19-23-12-8-4-5-9-13-23;1-7-5-3-4-6-8(7)2;1-2/h3-4,6-8,10,12,14-18,20,28H,1,5,9,11,13,19,21H2,2H3,(H,31,32)(H,33,34);3-6H,1-2H3;1-2H3/b22-18+;;. The van der Waals surface area contributed by atoms with Gasteiger partial charge < -0.3 is 15.2 Å². The molecule has 2 aliphatic carbocycles. The number of carboxylic acids is 1. The summed E-state index contributed by atoms with van der Waals surface area (Å²) >= 11 is 0. The number of rotatable bonds is 10. The lowest BCUT2D eigenvalue weighted by molar-refractivity contribution is -0.141. The van der Waals surface area contributed by atoms with Gasteiger partial charge in [-0.15, -0.1) is 0 Å². The molecule has 2 N–H and O–H groups in total. The molecular weight excluding hydrogens is 558 g/mol. The molecule has 0 aliphatic heterocycles. The Labute approximate surface area is 270 Å². The monoisotopic (exact) mass is 607 g/mol. The van der Waals surface area contributed by atoms with Gasteiger partial charge >= 0.3 is 5.97 Å². The van der Waals surface area contributed by atoms with Gasteiger partial charge in [-0.05, 0) is 98.9 Å². The van der Waals surface area contributed by atoms with Gasteiger partial charge in [0.25, 0.3) is 0 Å². The number of aryl methyl sites for hydroxylation is 2. The quantitative estimate of drug-likeness (QED) is 0.264. The largest absolute Gasteiger partial charge is 0.489 e. The topological polar surface area (TPSA) is 75.6 Å². The molecule has 5 nitrogen and oxygen atoms in total. The van der Waals surface area contributed by atoms with Crippen LogP contribution < -0.4 is 10.1 Å². The lowest BCUT2D eigenvalue weighted by Crippen LogP contribution is -2.41. The average Bonchev–Trinajstić information content (AvgIpc) is 3.48. The Morgan fingerprint density at radius 3 is 2.42 bits per heavy atom. The lowest BCUT2D eigenvalue weighted by atomic mass is 10.0. The van der Waals surface area contributed by atoms with Crippen molar-refractivity contribution in [2.24, 2.45) is 0 Å². The van der Waals surface area contributed by atoms with Gasteiger partial charge in [0.1, 0.15) is 18.4 Å². The maximum atomic E-state index is 12.8. The molecule has 2 aromatic carbocycles. The molecule has 1 atom stereocenters. The van der Waals surface area contributed by atoms with Crippen LogP contribution in [0.1, 0.15) is 75.1 Å². The maximum Gasteiger partial charge on any atom is 0.326 e. The molecule has 0 saturated heterocycles. The second-order valence-corrected chi connectivity index (χ2v) is 10.7. The first-order valence-electron chi connectivity index (χ1n) is 15.8. The molecule has 1 amide bonds. The van der Waals surface area contributed by atoms with E-state index in [-0.39, 0.29) is 0 Å². The normalized spacial score (nSPS) is 14.6. The highest BCUT2D eigenvalue weighted by Gasteiger charge is 2.22. The summed E-state index contributed by atoms with van der Waals surface area (Å²) in [5, 5.41) is 12.3. The van der Waals surface area contributed by atoms with Gasteiger partial charge in [0.05, 0.1) is 0 Å². The van der Waals surface area contributed by atoms with Crippen molar-refractivity contribution in [1.82, 2.24) is 5.32 Å². The summed E-state index contributed by atoms with van der Waals surface area (Å²) in [6.07, 6.45) is 23.7. The summed E-state index contributed by atoms with van der Waals surface area (Å²) < 4.78 is 5.94. The molecule has 0 fully saturated rings. The highest BCUT2D eigenvalue weighted by molar-refractivity contribution is 5.99. The van der Waals surface area contributed by atoms with Gasteiger partial charge in [-0.25, -0.2) is 4.79 Å². The molecule has 238 valence electrons. The van der Waals surface area contributed by atoms with Crippen molar-refractivity contribution in [1.29, 1.82) is 0 Å². The number of benzene rings is 2. The molecule has 0 heterocycles. The zero-order chi connectivity index (χ0) is 33.0. The number of carbonyl (C=O) groups is 2. The van der Waals surface area contributed by atoms with Crippen LogP contribution >= 0.6 is 0 Å². The number of nitrogens with one attached hydrogen (secondary N) is 1. The predicted molar refractivity (Wildman–Crippen MR) is 189 cm³/mol. The minimum Gasteiger partial charge on any atom is -0.489 e. The van der Waals surface area contributed by atoms with Crippen molar-refractivity contribution in [2.75, 3.05) is 6.61 Å². The van der Waals surface area contributed by atoms with E-state index in [1.54, 1.807) is 19.1 Å². The fourth-order valence-electron chi connectivity index (χ4n) is 4.54. The number of hydrogen-bond acceptors (Lipinski definition) is 3. The number of allylic oxidation sites excluding steroid dienone is 7.